The first-order valence-electron chi connectivity index (χ1n) is 11.2. The Labute approximate surface area is 172 Å². The number of piperidine rings is 1. The second-order valence-corrected chi connectivity index (χ2v) is 9.97. The van der Waals surface area contributed by atoms with Crippen molar-refractivity contribution in [2.75, 3.05) is 19.6 Å². The molecule has 0 aromatic carbocycles. The number of fused-ring (bicyclic) bond motifs is 2. The lowest BCUT2D eigenvalue weighted by atomic mass is 9.66. The van der Waals surface area contributed by atoms with E-state index >= 15 is 0 Å². The third kappa shape index (κ3) is 3.49. The monoisotopic (exact) mass is 409 g/mol. The molecular formula is C22H35NO6. The number of esters is 2. The van der Waals surface area contributed by atoms with Gasteiger partial charge in [0.15, 0.2) is 0 Å². The van der Waals surface area contributed by atoms with E-state index in [2.05, 4.69) is 11.8 Å². The lowest BCUT2D eigenvalue weighted by molar-refractivity contribution is -0.152. The minimum absolute atomic E-state index is 0.0488. The normalized spacial score (nSPS) is 47.8. The van der Waals surface area contributed by atoms with Gasteiger partial charge in [-0.25, -0.2) is 0 Å². The Morgan fingerprint density at radius 3 is 2.59 bits per heavy atom. The van der Waals surface area contributed by atoms with Crippen LogP contribution in [0.1, 0.15) is 52.9 Å². The van der Waals surface area contributed by atoms with Crippen molar-refractivity contribution in [1.29, 1.82) is 0 Å². The van der Waals surface area contributed by atoms with E-state index in [1.165, 1.54) is 13.3 Å². The molecule has 0 bridgehead atoms. The molecular weight excluding hydrogens is 374 g/mol. The van der Waals surface area contributed by atoms with Crippen LogP contribution in [-0.2, 0) is 19.1 Å². The first kappa shape index (κ1) is 21.1. The van der Waals surface area contributed by atoms with Crippen LogP contribution in [0.2, 0.25) is 0 Å². The maximum Gasteiger partial charge on any atom is 0.311 e. The van der Waals surface area contributed by atoms with Gasteiger partial charge < -0.3 is 24.6 Å². The van der Waals surface area contributed by atoms with Crippen molar-refractivity contribution in [3.63, 3.8) is 0 Å². The highest BCUT2D eigenvalue weighted by Gasteiger charge is 2.65. The Bertz CT molecular complexity index is 649. The van der Waals surface area contributed by atoms with Crippen LogP contribution in [0.25, 0.3) is 0 Å². The summed E-state index contributed by atoms with van der Waals surface area (Å²) >= 11 is 0. The molecule has 29 heavy (non-hydrogen) atoms. The van der Waals surface area contributed by atoms with E-state index in [0.717, 1.165) is 25.9 Å². The highest BCUT2D eigenvalue weighted by molar-refractivity contribution is 5.76. The van der Waals surface area contributed by atoms with Gasteiger partial charge in [0.05, 0.1) is 18.1 Å². The van der Waals surface area contributed by atoms with Crippen LogP contribution in [0, 0.1) is 29.1 Å². The molecule has 0 unspecified atom stereocenters. The van der Waals surface area contributed by atoms with Crippen molar-refractivity contribution >= 4 is 11.9 Å². The van der Waals surface area contributed by atoms with Gasteiger partial charge in [-0.05, 0) is 38.3 Å². The second-order valence-electron chi connectivity index (χ2n) is 9.97. The quantitative estimate of drug-likeness (QED) is 0.679. The molecule has 0 aromatic rings. The van der Waals surface area contributed by atoms with E-state index in [0.29, 0.717) is 19.4 Å². The average molecular weight is 410 g/mol. The summed E-state index contributed by atoms with van der Waals surface area (Å²) in [7, 11) is 0. The first-order chi connectivity index (χ1) is 13.7. The summed E-state index contributed by atoms with van der Waals surface area (Å²) in [6, 6.07) is 0. The van der Waals surface area contributed by atoms with Crippen molar-refractivity contribution in [3.05, 3.63) is 0 Å². The van der Waals surface area contributed by atoms with Crippen LogP contribution < -0.4 is 0 Å². The van der Waals surface area contributed by atoms with Gasteiger partial charge in [-0.15, -0.1) is 0 Å². The lowest BCUT2D eigenvalue weighted by Crippen LogP contribution is -2.51. The molecule has 4 rings (SSSR count). The molecule has 0 spiro atoms. The molecule has 2 saturated carbocycles. The molecule has 0 radical (unpaired) electrons. The van der Waals surface area contributed by atoms with Gasteiger partial charge in [0.1, 0.15) is 12.2 Å². The summed E-state index contributed by atoms with van der Waals surface area (Å²) in [5, 5.41) is 22.6. The number of nitrogens with zero attached hydrogens (tertiary/aromatic N) is 1. The largest absolute Gasteiger partial charge is 0.462 e. The first-order valence-corrected chi connectivity index (χ1v) is 11.2. The number of ether oxygens (including phenoxy) is 2. The molecule has 2 aliphatic heterocycles. The fourth-order valence-electron chi connectivity index (χ4n) is 6.86. The van der Waals surface area contributed by atoms with Gasteiger partial charge in [0, 0.05) is 37.1 Å². The molecule has 4 fully saturated rings. The highest BCUT2D eigenvalue weighted by Crippen LogP contribution is 2.58. The van der Waals surface area contributed by atoms with Crippen LogP contribution in [0.15, 0.2) is 0 Å². The summed E-state index contributed by atoms with van der Waals surface area (Å²) in [5.41, 5.74) is -0.840. The molecule has 2 aliphatic carbocycles. The van der Waals surface area contributed by atoms with E-state index in [-0.39, 0.29) is 41.7 Å². The van der Waals surface area contributed by atoms with Gasteiger partial charge in [-0.1, -0.05) is 20.3 Å². The predicted octanol–water partition coefficient (Wildman–Crippen LogP) is 1.35. The van der Waals surface area contributed by atoms with Crippen LogP contribution >= 0.6 is 0 Å². The Kier molecular flexibility index (Phi) is 5.68. The molecule has 9 atom stereocenters. The van der Waals surface area contributed by atoms with Crippen molar-refractivity contribution < 1.29 is 29.3 Å². The molecule has 164 valence electrons. The predicted molar refractivity (Wildman–Crippen MR) is 105 cm³/mol. The van der Waals surface area contributed by atoms with Crippen LogP contribution in [0.3, 0.4) is 0 Å². The van der Waals surface area contributed by atoms with Crippen molar-refractivity contribution in [3.8, 4) is 0 Å². The third-order valence-corrected chi connectivity index (χ3v) is 8.20. The topological polar surface area (TPSA) is 96.3 Å². The number of aliphatic hydroxyl groups excluding tert-OH is 2. The van der Waals surface area contributed by atoms with E-state index in [1.54, 1.807) is 0 Å². The van der Waals surface area contributed by atoms with Gasteiger partial charge in [-0.2, -0.15) is 0 Å². The fourth-order valence-corrected chi connectivity index (χ4v) is 6.86. The minimum Gasteiger partial charge on any atom is -0.462 e. The maximum absolute atomic E-state index is 12.8. The number of aliphatic hydroxyl groups is 2. The smallest absolute Gasteiger partial charge is 0.311 e. The van der Waals surface area contributed by atoms with Crippen molar-refractivity contribution in [2.45, 2.75) is 77.3 Å². The number of hydrogen-bond donors (Lipinski definition) is 2. The third-order valence-electron chi connectivity index (χ3n) is 8.20. The number of carbonyl (C=O) groups is 2. The van der Waals surface area contributed by atoms with Crippen LogP contribution in [0.5, 0.6) is 0 Å². The van der Waals surface area contributed by atoms with E-state index < -0.39 is 23.7 Å². The van der Waals surface area contributed by atoms with Crippen LogP contribution in [0.4, 0.5) is 0 Å². The number of rotatable bonds is 3. The second kappa shape index (κ2) is 7.82. The van der Waals surface area contributed by atoms with Crippen molar-refractivity contribution in [2.24, 2.45) is 29.1 Å². The minimum atomic E-state index is -0.890. The Morgan fingerprint density at radius 1 is 1.24 bits per heavy atom. The summed E-state index contributed by atoms with van der Waals surface area (Å²) < 4.78 is 11.3. The fraction of sp³-hybridized carbons (Fsp3) is 0.909. The molecule has 0 amide bonds. The maximum atomic E-state index is 12.8. The number of carbonyl (C=O) groups excluding carboxylic acids is 2. The summed E-state index contributed by atoms with van der Waals surface area (Å²) in [5.74, 6) is -1.43. The average Bonchev–Trinajstić information content (AvgIpc) is 3.06. The Morgan fingerprint density at radius 2 is 1.93 bits per heavy atom. The molecule has 2 N–H and O–H groups in total. The van der Waals surface area contributed by atoms with Crippen LogP contribution in [-0.4, -0.2) is 71.1 Å². The summed E-state index contributed by atoms with van der Waals surface area (Å²) in [6.45, 7) is 7.89. The molecule has 7 nitrogen and oxygen atoms in total. The van der Waals surface area contributed by atoms with Gasteiger partial charge in [-0.3, -0.25) is 9.59 Å². The summed E-state index contributed by atoms with van der Waals surface area (Å²) in [4.78, 5) is 26.7. The Hall–Kier alpha value is -1.18. The van der Waals surface area contributed by atoms with Gasteiger partial charge in [0.25, 0.3) is 0 Å². The zero-order valence-corrected chi connectivity index (χ0v) is 17.8. The molecule has 2 saturated heterocycles. The van der Waals surface area contributed by atoms with E-state index in [4.69, 9.17) is 9.47 Å². The zero-order valence-electron chi connectivity index (χ0n) is 17.8. The molecule has 7 heteroatoms. The lowest BCUT2D eigenvalue weighted by Gasteiger charge is -2.42. The summed E-state index contributed by atoms with van der Waals surface area (Å²) in [6.07, 6.45) is 1.98. The van der Waals surface area contributed by atoms with Crippen molar-refractivity contribution in [1.82, 2.24) is 4.90 Å². The number of hydrogen-bond acceptors (Lipinski definition) is 7. The zero-order chi connectivity index (χ0) is 20.9. The van der Waals surface area contributed by atoms with E-state index in [9.17, 15) is 19.8 Å². The van der Waals surface area contributed by atoms with E-state index in [1.807, 2.05) is 6.92 Å². The molecule has 2 heterocycles. The highest BCUT2D eigenvalue weighted by atomic mass is 16.6. The number of likely N-dealkylation sites (tertiary alicyclic amines) is 1. The van der Waals surface area contributed by atoms with Gasteiger partial charge >= 0.3 is 11.9 Å². The Balaban J connectivity index is 1.63. The molecule has 4 aliphatic rings. The molecule has 0 aromatic heterocycles. The SMILES string of the molecule is CC(=O)O[C@H]1C[C@H](O)[C@]2(C)[C@@H]1[C@H](C)C[C@@H]1OC(=O)[C@H](CN3CCCCC3)[C@H]1[C@@H]2O. The van der Waals surface area contributed by atoms with Gasteiger partial charge in [0.2, 0.25) is 0 Å². The standard InChI is InChI=1S/C22H35NO6/c1-12-9-15-18(14(21(27)29-15)11-23-7-5-4-6-8-23)20(26)22(3)17(25)10-16(19(12)22)28-13(2)24/h12,14-20,25-26H,4-11H2,1-3H3/t12-,14-,15+,16+,17+,18-,19-,20+,22-/m1/s1.